The largest absolute Gasteiger partial charge is 0.495 e. The van der Waals surface area contributed by atoms with E-state index in [2.05, 4.69) is 27.4 Å². The van der Waals surface area contributed by atoms with Crippen LogP contribution in [0.1, 0.15) is 17.2 Å². The average Bonchev–Trinajstić information content (AvgIpc) is 2.56. The number of pyridine rings is 2. The molecule has 0 aliphatic carbocycles. The Hall–Kier alpha value is -2.46. The van der Waals surface area contributed by atoms with Crippen molar-refractivity contribution in [3.8, 4) is 5.75 Å². The topological polar surface area (TPSA) is 47.0 Å². The van der Waals surface area contributed by atoms with Gasteiger partial charge in [-0.3, -0.25) is 9.97 Å². The molecule has 1 N–H and O–H groups in total. The third kappa shape index (κ3) is 2.58. The van der Waals surface area contributed by atoms with Crippen LogP contribution >= 0.6 is 0 Å². The first-order valence-corrected chi connectivity index (χ1v) is 6.83. The summed E-state index contributed by atoms with van der Waals surface area (Å²) in [7, 11) is 3.59. The molecule has 0 radical (unpaired) electrons. The molecular weight excluding hydrogens is 262 g/mol. The number of aromatic nitrogens is 2. The molecule has 0 bridgehead atoms. The van der Waals surface area contributed by atoms with E-state index < -0.39 is 0 Å². The number of ether oxygens (including phenoxy) is 1. The fourth-order valence-corrected chi connectivity index (χ4v) is 2.55. The smallest absolute Gasteiger partial charge is 0.142 e. The van der Waals surface area contributed by atoms with E-state index in [0.717, 1.165) is 27.8 Å². The number of fused-ring (bicyclic) bond motifs is 1. The van der Waals surface area contributed by atoms with Crippen LogP contribution in [-0.2, 0) is 0 Å². The quantitative estimate of drug-likeness (QED) is 0.797. The highest BCUT2D eigenvalue weighted by Crippen LogP contribution is 2.29. The van der Waals surface area contributed by atoms with Crippen molar-refractivity contribution in [2.24, 2.45) is 0 Å². The minimum atomic E-state index is 0.0139. The highest BCUT2D eigenvalue weighted by Gasteiger charge is 2.17. The van der Waals surface area contributed by atoms with Gasteiger partial charge in [0, 0.05) is 23.3 Å². The fraction of sp³-hybridized carbons (Fsp3) is 0.176. The van der Waals surface area contributed by atoms with Crippen LogP contribution < -0.4 is 10.1 Å². The summed E-state index contributed by atoms with van der Waals surface area (Å²) in [6, 6.07) is 12.2. The van der Waals surface area contributed by atoms with Gasteiger partial charge in [-0.05, 0) is 30.8 Å². The van der Waals surface area contributed by atoms with Gasteiger partial charge in [-0.25, -0.2) is 0 Å². The standard InChI is InChI=1S/C17H17N3O/c1-18-17(14-7-8-19-11-16(14)21-2)13-9-12-5-3-4-6-15(12)20-10-13/h3-11,17-18H,1-2H3. The molecule has 4 nitrogen and oxygen atoms in total. The molecule has 0 saturated carbocycles. The van der Waals surface area contributed by atoms with E-state index in [4.69, 9.17) is 4.74 Å². The Morgan fingerprint density at radius 1 is 1.14 bits per heavy atom. The van der Waals surface area contributed by atoms with Crippen LogP contribution in [0.15, 0.2) is 55.0 Å². The molecule has 3 aromatic rings. The predicted molar refractivity (Wildman–Crippen MR) is 83.4 cm³/mol. The van der Waals surface area contributed by atoms with Crippen molar-refractivity contribution in [3.05, 3.63) is 66.1 Å². The summed E-state index contributed by atoms with van der Waals surface area (Å²) in [5.74, 6) is 0.769. The average molecular weight is 279 g/mol. The summed E-state index contributed by atoms with van der Waals surface area (Å²) in [5, 5.41) is 4.45. The van der Waals surface area contributed by atoms with E-state index in [1.165, 1.54) is 0 Å². The maximum Gasteiger partial charge on any atom is 0.142 e. The van der Waals surface area contributed by atoms with E-state index >= 15 is 0 Å². The summed E-state index contributed by atoms with van der Waals surface area (Å²) in [6.07, 6.45) is 5.41. The molecule has 0 spiro atoms. The lowest BCUT2D eigenvalue weighted by Gasteiger charge is -2.19. The zero-order chi connectivity index (χ0) is 14.7. The Morgan fingerprint density at radius 3 is 2.81 bits per heavy atom. The predicted octanol–water partition coefficient (Wildman–Crippen LogP) is 2.95. The Labute approximate surface area is 123 Å². The van der Waals surface area contributed by atoms with Gasteiger partial charge in [-0.1, -0.05) is 18.2 Å². The van der Waals surface area contributed by atoms with Gasteiger partial charge < -0.3 is 10.1 Å². The van der Waals surface area contributed by atoms with E-state index in [-0.39, 0.29) is 6.04 Å². The van der Waals surface area contributed by atoms with Crippen LogP contribution in [0.3, 0.4) is 0 Å². The second kappa shape index (κ2) is 5.89. The van der Waals surface area contributed by atoms with Crippen LogP contribution in [0.2, 0.25) is 0 Å². The number of para-hydroxylation sites is 1. The fourth-order valence-electron chi connectivity index (χ4n) is 2.55. The van der Waals surface area contributed by atoms with Gasteiger partial charge in [0.05, 0.1) is 24.9 Å². The van der Waals surface area contributed by atoms with E-state index in [0.29, 0.717) is 0 Å². The van der Waals surface area contributed by atoms with Crippen molar-refractivity contribution in [2.75, 3.05) is 14.2 Å². The first-order chi connectivity index (χ1) is 10.3. The SMILES string of the molecule is CNC(c1cnc2ccccc2c1)c1ccncc1OC. The number of methoxy groups -OCH3 is 1. The first-order valence-electron chi connectivity index (χ1n) is 6.83. The second-order valence-electron chi connectivity index (χ2n) is 4.80. The molecular formula is C17H17N3O. The molecule has 1 unspecified atom stereocenters. The number of benzene rings is 1. The summed E-state index contributed by atoms with van der Waals surface area (Å²) >= 11 is 0. The zero-order valence-corrected chi connectivity index (χ0v) is 12.1. The van der Waals surface area contributed by atoms with Crippen molar-refractivity contribution in [2.45, 2.75) is 6.04 Å². The molecule has 1 aromatic carbocycles. The lowest BCUT2D eigenvalue weighted by Crippen LogP contribution is -2.18. The number of hydrogen-bond acceptors (Lipinski definition) is 4. The van der Waals surface area contributed by atoms with Gasteiger partial charge >= 0.3 is 0 Å². The normalized spacial score (nSPS) is 12.3. The number of rotatable bonds is 4. The third-order valence-corrected chi connectivity index (χ3v) is 3.58. The van der Waals surface area contributed by atoms with Crippen molar-refractivity contribution < 1.29 is 4.74 Å². The van der Waals surface area contributed by atoms with E-state index in [1.807, 2.05) is 37.5 Å². The summed E-state index contributed by atoms with van der Waals surface area (Å²) < 4.78 is 5.41. The Morgan fingerprint density at radius 2 is 2.00 bits per heavy atom. The Balaban J connectivity index is 2.09. The minimum Gasteiger partial charge on any atom is -0.495 e. The maximum atomic E-state index is 5.41. The van der Waals surface area contributed by atoms with Crippen molar-refractivity contribution in [1.29, 1.82) is 0 Å². The molecule has 4 heteroatoms. The highest BCUT2D eigenvalue weighted by molar-refractivity contribution is 5.79. The summed E-state index contributed by atoms with van der Waals surface area (Å²) in [5.41, 5.74) is 3.14. The number of nitrogens with zero attached hydrogens (tertiary/aromatic N) is 2. The van der Waals surface area contributed by atoms with Gasteiger partial charge in [-0.15, -0.1) is 0 Å². The zero-order valence-electron chi connectivity index (χ0n) is 12.1. The van der Waals surface area contributed by atoms with Crippen LogP contribution in [0.25, 0.3) is 10.9 Å². The van der Waals surface area contributed by atoms with Crippen LogP contribution in [-0.4, -0.2) is 24.1 Å². The lowest BCUT2D eigenvalue weighted by molar-refractivity contribution is 0.403. The van der Waals surface area contributed by atoms with Gasteiger partial charge in [0.2, 0.25) is 0 Å². The van der Waals surface area contributed by atoms with Gasteiger partial charge in [0.15, 0.2) is 0 Å². The van der Waals surface area contributed by atoms with Gasteiger partial charge in [0.25, 0.3) is 0 Å². The maximum absolute atomic E-state index is 5.41. The molecule has 2 aromatic heterocycles. The third-order valence-electron chi connectivity index (χ3n) is 3.58. The molecule has 0 saturated heterocycles. The summed E-state index contributed by atoms with van der Waals surface area (Å²) in [6.45, 7) is 0. The van der Waals surface area contributed by atoms with Crippen LogP contribution in [0.4, 0.5) is 0 Å². The summed E-state index contributed by atoms with van der Waals surface area (Å²) in [4.78, 5) is 8.64. The molecule has 0 amide bonds. The molecule has 2 heterocycles. The number of hydrogen-bond donors (Lipinski definition) is 1. The molecule has 3 rings (SSSR count). The highest BCUT2D eigenvalue weighted by atomic mass is 16.5. The van der Waals surface area contributed by atoms with E-state index in [9.17, 15) is 0 Å². The minimum absolute atomic E-state index is 0.0139. The van der Waals surface area contributed by atoms with Gasteiger partial charge in [0.1, 0.15) is 5.75 Å². The van der Waals surface area contributed by atoms with Crippen molar-refractivity contribution in [3.63, 3.8) is 0 Å². The molecule has 1 atom stereocenters. The van der Waals surface area contributed by atoms with Crippen LogP contribution in [0, 0.1) is 0 Å². The van der Waals surface area contributed by atoms with Crippen LogP contribution in [0.5, 0.6) is 5.75 Å². The second-order valence-corrected chi connectivity index (χ2v) is 4.80. The van der Waals surface area contributed by atoms with Crippen molar-refractivity contribution in [1.82, 2.24) is 15.3 Å². The first kappa shape index (κ1) is 13.5. The molecule has 0 fully saturated rings. The Bertz CT molecular complexity index is 758. The molecule has 106 valence electrons. The number of nitrogens with one attached hydrogen (secondary N) is 1. The Kier molecular flexibility index (Phi) is 3.79. The molecule has 21 heavy (non-hydrogen) atoms. The monoisotopic (exact) mass is 279 g/mol. The van der Waals surface area contributed by atoms with Gasteiger partial charge in [-0.2, -0.15) is 0 Å². The molecule has 0 aliphatic heterocycles. The van der Waals surface area contributed by atoms with Crippen molar-refractivity contribution >= 4 is 10.9 Å². The van der Waals surface area contributed by atoms with E-state index in [1.54, 1.807) is 19.5 Å². The lowest BCUT2D eigenvalue weighted by atomic mass is 9.99. The molecule has 0 aliphatic rings.